The normalized spacial score (nSPS) is 10.7. The number of aryl methyl sites for hydroxylation is 1. The van der Waals surface area contributed by atoms with Crippen molar-refractivity contribution >= 4 is 17.1 Å². The van der Waals surface area contributed by atoms with Gasteiger partial charge in [0, 0.05) is 17.2 Å². The summed E-state index contributed by atoms with van der Waals surface area (Å²) in [4.78, 5) is 11.4. The Hall–Kier alpha value is -3.59. The molecule has 0 aliphatic rings. The predicted octanol–water partition coefficient (Wildman–Crippen LogP) is 6.12. The van der Waals surface area contributed by atoms with E-state index in [0.29, 0.717) is 24.5 Å². The Morgan fingerprint density at radius 1 is 0.724 bits per heavy atom. The quantitative estimate of drug-likeness (QED) is 0.361. The molecule has 0 spiro atoms. The second-order valence-electron chi connectivity index (χ2n) is 6.96. The topological polar surface area (TPSA) is 35.5 Å². The number of aldehydes is 1. The second-order valence-corrected chi connectivity index (χ2v) is 6.96. The van der Waals surface area contributed by atoms with Crippen molar-refractivity contribution in [3.8, 4) is 11.5 Å². The highest BCUT2D eigenvalue weighted by atomic mass is 16.5. The van der Waals surface area contributed by atoms with Gasteiger partial charge in [0.25, 0.3) is 0 Å². The van der Waals surface area contributed by atoms with Gasteiger partial charge in [0.15, 0.2) is 6.29 Å². The van der Waals surface area contributed by atoms with Gasteiger partial charge < -0.3 is 9.47 Å². The van der Waals surface area contributed by atoms with Crippen LogP contribution in [0, 0.1) is 6.92 Å². The smallest absolute Gasteiger partial charge is 0.150 e. The van der Waals surface area contributed by atoms with Gasteiger partial charge in [-0.3, -0.25) is 4.79 Å². The third-order valence-corrected chi connectivity index (χ3v) is 5.01. The van der Waals surface area contributed by atoms with E-state index < -0.39 is 0 Å². The SMILES string of the molecule is Cc1cccc(COc2cccc(OCc3cccc4ccccc34)c2)c1C=O. The fraction of sp³-hybridized carbons (Fsp3) is 0.115. The summed E-state index contributed by atoms with van der Waals surface area (Å²) in [6, 6.07) is 27.9. The van der Waals surface area contributed by atoms with Crippen molar-refractivity contribution in [2.75, 3.05) is 0 Å². The molecule has 0 amide bonds. The maximum absolute atomic E-state index is 11.4. The molecule has 0 aliphatic carbocycles. The van der Waals surface area contributed by atoms with Crippen LogP contribution in [0.1, 0.15) is 27.0 Å². The third kappa shape index (κ3) is 4.30. The first kappa shape index (κ1) is 18.8. The van der Waals surface area contributed by atoms with Crippen LogP contribution >= 0.6 is 0 Å². The van der Waals surface area contributed by atoms with E-state index in [1.807, 2.05) is 67.6 Å². The Morgan fingerprint density at radius 3 is 2.14 bits per heavy atom. The summed E-state index contributed by atoms with van der Waals surface area (Å²) in [6.07, 6.45) is 0.887. The molecule has 0 saturated carbocycles. The minimum Gasteiger partial charge on any atom is -0.489 e. The van der Waals surface area contributed by atoms with E-state index in [9.17, 15) is 4.79 Å². The zero-order valence-corrected chi connectivity index (χ0v) is 16.3. The van der Waals surface area contributed by atoms with Gasteiger partial charge in [0.2, 0.25) is 0 Å². The van der Waals surface area contributed by atoms with Crippen LogP contribution in [0.15, 0.2) is 84.9 Å². The Bertz CT molecular complexity index is 1140. The molecule has 0 unspecified atom stereocenters. The molecule has 144 valence electrons. The lowest BCUT2D eigenvalue weighted by Crippen LogP contribution is -2.02. The predicted molar refractivity (Wildman–Crippen MR) is 116 cm³/mol. The number of carbonyl (C=O) groups excluding carboxylic acids is 1. The molecule has 0 saturated heterocycles. The maximum atomic E-state index is 11.4. The van der Waals surface area contributed by atoms with Crippen LogP contribution in [-0.2, 0) is 13.2 Å². The molecule has 0 atom stereocenters. The van der Waals surface area contributed by atoms with E-state index in [1.165, 1.54) is 10.8 Å². The first-order valence-electron chi connectivity index (χ1n) is 9.60. The summed E-state index contributed by atoms with van der Waals surface area (Å²) in [6.45, 7) is 2.75. The van der Waals surface area contributed by atoms with E-state index in [2.05, 4.69) is 24.3 Å². The number of hydrogen-bond donors (Lipinski definition) is 0. The van der Waals surface area contributed by atoms with E-state index in [1.54, 1.807) is 0 Å². The minimum absolute atomic E-state index is 0.336. The van der Waals surface area contributed by atoms with Gasteiger partial charge in [-0.15, -0.1) is 0 Å². The van der Waals surface area contributed by atoms with Gasteiger partial charge in [-0.05, 0) is 41.0 Å². The average molecular weight is 382 g/mol. The molecule has 4 aromatic carbocycles. The number of ether oxygens (including phenoxy) is 2. The van der Waals surface area contributed by atoms with E-state index in [0.717, 1.165) is 28.7 Å². The average Bonchev–Trinajstić information content (AvgIpc) is 2.76. The van der Waals surface area contributed by atoms with Crippen LogP contribution in [0.2, 0.25) is 0 Å². The van der Waals surface area contributed by atoms with Crippen molar-refractivity contribution in [3.63, 3.8) is 0 Å². The van der Waals surface area contributed by atoms with Gasteiger partial charge in [-0.1, -0.05) is 66.7 Å². The van der Waals surface area contributed by atoms with Crippen LogP contribution < -0.4 is 9.47 Å². The van der Waals surface area contributed by atoms with Crippen LogP contribution in [-0.4, -0.2) is 6.29 Å². The van der Waals surface area contributed by atoms with Crippen LogP contribution in [0.3, 0.4) is 0 Å². The molecule has 0 aromatic heterocycles. The van der Waals surface area contributed by atoms with Crippen molar-refractivity contribution in [1.82, 2.24) is 0 Å². The highest BCUT2D eigenvalue weighted by Crippen LogP contribution is 2.24. The molecule has 0 heterocycles. The Morgan fingerprint density at radius 2 is 1.34 bits per heavy atom. The molecule has 0 radical (unpaired) electrons. The van der Waals surface area contributed by atoms with Crippen LogP contribution in [0.4, 0.5) is 0 Å². The summed E-state index contributed by atoms with van der Waals surface area (Å²) >= 11 is 0. The number of fused-ring (bicyclic) bond motifs is 1. The Labute approximate surface area is 170 Å². The Kier molecular flexibility index (Phi) is 5.57. The third-order valence-electron chi connectivity index (χ3n) is 5.01. The summed E-state index contributed by atoms with van der Waals surface area (Å²) in [5.74, 6) is 1.45. The summed E-state index contributed by atoms with van der Waals surface area (Å²) < 4.78 is 11.9. The largest absolute Gasteiger partial charge is 0.489 e. The highest BCUT2D eigenvalue weighted by Gasteiger charge is 2.07. The lowest BCUT2D eigenvalue weighted by Gasteiger charge is -2.12. The summed E-state index contributed by atoms with van der Waals surface area (Å²) in [5, 5.41) is 2.40. The lowest BCUT2D eigenvalue weighted by molar-refractivity contribution is 0.112. The molecule has 0 aliphatic heterocycles. The van der Waals surface area contributed by atoms with E-state index in [-0.39, 0.29) is 0 Å². The molecule has 3 heteroatoms. The fourth-order valence-corrected chi connectivity index (χ4v) is 3.43. The minimum atomic E-state index is 0.336. The number of carbonyl (C=O) groups is 1. The molecule has 4 aromatic rings. The Balaban J connectivity index is 1.45. The highest BCUT2D eigenvalue weighted by molar-refractivity contribution is 5.85. The van der Waals surface area contributed by atoms with Crippen molar-refractivity contribution in [1.29, 1.82) is 0 Å². The second kappa shape index (κ2) is 8.61. The molecule has 29 heavy (non-hydrogen) atoms. The van der Waals surface area contributed by atoms with Crippen LogP contribution in [0.25, 0.3) is 10.8 Å². The standard InChI is InChI=1S/C26H22O3/c1-19-7-4-10-22(26(19)16-27)18-29-24-13-6-12-23(15-24)28-17-21-11-5-9-20-8-2-3-14-25(20)21/h2-16H,17-18H2,1H3. The zero-order valence-electron chi connectivity index (χ0n) is 16.3. The van der Waals surface area contributed by atoms with Gasteiger partial charge in [-0.2, -0.15) is 0 Å². The maximum Gasteiger partial charge on any atom is 0.150 e. The van der Waals surface area contributed by atoms with Crippen molar-refractivity contribution in [3.05, 3.63) is 107 Å². The lowest BCUT2D eigenvalue weighted by atomic mass is 10.0. The van der Waals surface area contributed by atoms with E-state index >= 15 is 0 Å². The van der Waals surface area contributed by atoms with Gasteiger partial charge >= 0.3 is 0 Å². The molecule has 0 bridgehead atoms. The zero-order chi connectivity index (χ0) is 20.1. The molecule has 0 N–H and O–H groups in total. The molecular formula is C26H22O3. The van der Waals surface area contributed by atoms with E-state index in [4.69, 9.17) is 9.47 Å². The van der Waals surface area contributed by atoms with Crippen molar-refractivity contribution in [2.24, 2.45) is 0 Å². The van der Waals surface area contributed by atoms with Crippen LogP contribution in [0.5, 0.6) is 11.5 Å². The van der Waals surface area contributed by atoms with Gasteiger partial charge in [0.1, 0.15) is 24.7 Å². The summed E-state index contributed by atoms with van der Waals surface area (Å²) in [5.41, 5.74) is 3.66. The molecule has 3 nitrogen and oxygen atoms in total. The monoisotopic (exact) mass is 382 g/mol. The first-order valence-corrected chi connectivity index (χ1v) is 9.60. The fourth-order valence-electron chi connectivity index (χ4n) is 3.43. The molecule has 0 fully saturated rings. The summed E-state index contributed by atoms with van der Waals surface area (Å²) in [7, 11) is 0. The number of hydrogen-bond acceptors (Lipinski definition) is 3. The first-order chi connectivity index (χ1) is 14.2. The number of rotatable bonds is 7. The number of benzene rings is 4. The van der Waals surface area contributed by atoms with Gasteiger partial charge in [-0.25, -0.2) is 0 Å². The van der Waals surface area contributed by atoms with Crippen molar-refractivity contribution < 1.29 is 14.3 Å². The van der Waals surface area contributed by atoms with Crippen molar-refractivity contribution in [2.45, 2.75) is 20.1 Å². The molecular weight excluding hydrogens is 360 g/mol. The molecule has 4 rings (SSSR count). The van der Waals surface area contributed by atoms with Gasteiger partial charge in [0.05, 0.1) is 0 Å².